The van der Waals surface area contributed by atoms with Crippen LogP contribution in [0.15, 0.2) is 24.3 Å². The molecule has 21 heavy (non-hydrogen) atoms. The fourth-order valence-corrected chi connectivity index (χ4v) is 4.82. The number of fused-ring (bicyclic) bond motifs is 1. The van der Waals surface area contributed by atoms with Gasteiger partial charge in [-0.05, 0) is 18.1 Å². The topological polar surface area (TPSA) is 109 Å². The molecule has 0 spiro atoms. The minimum Gasteiger partial charge on any atom is -0.324 e. The molecule has 1 aliphatic rings. The summed E-state index contributed by atoms with van der Waals surface area (Å²) in [5.74, 6) is -1.48. The highest BCUT2D eigenvalue weighted by Crippen LogP contribution is 2.22. The zero-order valence-electron chi connectivity index (χ0n) is 11.4. The molecular formula is C12H16N2O5S2. The van der Waals surface area contributed by atoms with Crippen LogP contribution in [-0.4, -0.2) is 46.5 Å². The van der Waals surface area contributed by atoms with Crippen LogP contribution in [0.4, 0.5) is 5.69 Å². The third-order valence-corrected chi connectivity index (χ3v) is 5.65. The lowest BCUT2D eigenvalue weighted by molar-refractivity contribution is -0.118. The smallest absolute Gasteiger partial charge is 0.242 e. The summed E-state index contributed by atoms with van der Waals surface area (Å²) >= 11 is 0. The molecule has 116 valence electrons. The zero-order valence-corrected chi connectivity index (χ0v) is 13.0. The van der Waals surface area contributed by atoms with E-state index in [0.29, 0.717) is 5.69 Å². The van der Waals surface area contributed by atoms with Gasteiger partial charge in [-0.25, -0.2) is 21.6 Å². The third-order valence-electron chi connectivity index (χ3n) is 3.06. The second-order valence-corrected chi connectivity index (χ2v) is 9.10. The van der Waals surface area contributed by atoms with E-state index in [9.17, 15) is 21.6 Å². The Morgan fingerprint density at radius 3 is 2.52 bits per heavy atom. The summed E-state index contributed by atoms with van der Waals surface area (Å²) in [7, 11) is -7.22. The SMILES string of the molecule is CS(=O)(=O)CCS(=O)(=O)NC1Cc2ccccc2NC1=O. The van der Waals surface area contributed by atoms with E-state index in [0.717, 1.165) is 11.8 Å². The Labute approximate surface area is 123 Å². The van der Waals surface area contributed by atoms with Crippen LogP contribution in [0.1, 0.15) is 5.56 Å². The molecule has 2 N–H and O–H groups in total. The van der Waals surface area contributed by atoms with E-state index >= 15 is 0 Å². The summed E-state index contributed by atoms with van der Waals surface area (Å²) in [6.07, 6.45) is 1.20. The van der Waals surface area contributed by atoms with Crippen molar-refractivity contribution < 1.29 is 21.6 Å². The maximum Gasteiger partial charge on any atom is 0.242 e. The van der Waals surface area contributed by atoms with Gasteiger partial charge in [0.15, 0.2) is 0 Å². The normalized spacial score (nSPS) is 18.9. The molecule has 0 saturated heterocycles. The Morgan fingerprint density at radius 2 is 1.86 bits per heavy atom. The molecule has 0 fully saturated rings. The average Bonchev–Trinajstić information content (AvgIpc) is 2.36. The number of hydrogen-bond acceptors (Lipinski definition) is 5. The molecular weight excluding hydrogens is 316 g/mol. The molecule has 7 nitrogen and oxygen atoms in total. The van der Waals surface area contributed by atoms with E-state index in [2.05, 4.69) is 10.0 Å². The van der Waals surface area contributed by atoms with Crippen molar-refractivity contribution in [1.29, 1.82) is 0 Å². The van der Waals surface area contributed by atoms with E-state index in [-0.39, 0.29) is 6.42 Å². The number of benzene rings is 1. The monoisotopic (exact) mass is 332 g/mol. The molecule has 0 aromatic heterocycles. The fourth-order valence-electron chi connectivity index (χ4n) is 1.98. The number of sulfonamides is 1. The average molecular weight is 332 g/mol. The van der Waals surface area contributed by atoms with Gasteiger partial charge in [-0.1, -0.05) is 18.2 Å². The van der Waals surface area contributed by atoms with Gasteiger partial charge >= 0.3 is 0 Å². The van der Waals surface area contributed by atoms with Gasteiger partial charge in [0.1, 0.15) is 15.9 Å². The number of amides is 1. The summed E-state index contributed by atoms with van der Waals surface area (Å²) in [6.45, 7) is 0. The van der Waals surface area contributed by atoms with Gasteiger partial charge in [0.25, 0.3) is 0 Å². The van der Waals surface area contributed by atoms with E-state index in [1.165, 1.54) is 0 Å². The van der Waals surface area contributed by atoms with Crippen molar-refractivity contribution in [2.75, 3.05) is 23.1 Å². The van der Waals surface area contributed by atoms with Gasteiger partial charge in [-0.3, -0.25) is 4.79 Å². The number of hydrogen-bond donors (Lipinski definition) is 2. The zero-order chi connectivity index (χ0) is 15.7. The molecule has 1 atom stereocenters. The largest absolute Gasteiger partial charge is 0.324 e. The highest BCUT2D eigenvalue weighted by atomic mass is 32.2. The van der Waals surface area contributed by atoms with Crippen LogP contribution in [0.3, 0.4) is 0 Å². The van der Waals surface area contributed by atoms with Gasteiger partial charge in [0.2, 0.25) is 15.9 Å². The summed E-state index contributed by atoms with van der Waals surface area (Å²) in [6, 6.07) is 6.18. The standard InChI is InChI=1S/C12H16N2O5S2/c1-20(16,17)6-7-21(18,19)14-11-8-9-4-2-3-5-10(9)13-12(11)15/h2-5,11,14H,6-8H2,1H3,(H,13,15). The van der Waals surface area contributed by atoms with Gasteiger partial charge in [0.05, 0.1) is 11.5 Å². The van der Waals surface area contributed by atoms with Gasteiger partial charge in [0, 0.05) is 11.9 Å². The number of carbonyl (C=O) groups excluding carboxylic acids is 1. The molecule has 1 aromatic carbocycles. The highest BCUT2D eigenvalue weighted by molar-refractivity contribution is 7.93. The van der Waals surface area contributed by atoms with Crippen LogP contribution in [0.25, 0.3) is 0 Å². The third kappa shape index (κ3) is 4.51. The van der Waals surface area contributed by atoms with Crippen LogP contribution in [0.2, 0.25) is 0 Å². The van der Waals surface area contributed by atoms with E-state index < -0.39 is 43.3 Å². The van der Waals surface area contributed by atoms with Crippen molar-refractivity contribution in [2.24, 2.45) is 0 Å². The number of anilines is 1. The van der Waals surface area contributed by atoms with Crippen LogP contribution in [-0.2, 0) is 31.1 Å². The Bertz CT molecular complexity index is 756. The van der Waals surface area contributed by atoms with Crippen molar-refractivity contribution in [3.05, 3.63) is 29.8 Å². The number of nitrogens with one attached hydrogen (secondary N) is 2. The van der Waals surface area contributed by atoms with E-state index in [1.807, 2.05) is 0 Å². The number of carbonyl (C=O) groups is 1. The van der Waals surface area contributed by atoms with Gasteiger partial charge < -0.3 is 5.32 Å². The van der Waals surface area contributed by atoms with Crippen LogP contribution in [0.5, 0.6) is 0 Å². The molecule has 0 aliphatic carbocycles. The predicted molar refractivity (Wildman–Crippen MR) is 79.2 cm³/mol. The molecule has 1 aliphatic heterocycles. The molecule has 1 heterocycles. The number of rotatable bonds is 5. The minimum atomic E-state index is -3.84. The molecule has 0 saturated carbocycles. The predicted octanol–water partition coefficient (Wildman–Crippen LogP) is -0.486. The van der Waals surface area contributed by atoms with Crippen LogP contribution in [0, 0.1) is 0 Å². The number of sulfone groups is 1. The lowest BCUT2D eigenvalue weighted by Crippen LogP contribution is -2.48. The molecule has 1 amide bonds. The van der Waals surface area contributed by atoms with Gasteiger partial charge in [-0.15, -0.1) is 0 Å². The number of para-hydroxylation sites is 1. The summed E-state index contributed by atoms with van der Waals surface area (Å²) < 4.78 is 48.0. The first-order chi connectivity index (χ1) is 9.66. The molecule has 1 aromatic rings. The van der Waals surface area contributed by atoms with Crippen molar-refractivity contribution >= 4 is 31.5 Å². The lowest BCUT2D eigenvalue weighted by atomic mass is 10.00. The van der Waals surface area contributed by atoms with Crippen molar-refractivity contribution in [3.63, 3.8) is 0 Å². The fraction of sp³-hybridized carbons (Fsp3) is 0.417. The molecule has 2 rings (SSSR count). The Morgan fingerprint density at radius 1 is 1.19 bits per heavy atom. The Kier molecular flexibility index (Phi) is 4.35. The van der Waals surface area contributed by atoms with E-state index in [1.54, 1.807) is 24.3 Å². The van der Waals surface area contributed by atoms with Crippen molar-refractivity contribution in [3.8, 4) is 0 Å². The maximum atomic E-state index is 11.9. The first kappa shape index (κ1) is 15.9. The highest BCUT2D eigenvalue weighted by Gasteiger charge is 2.29. The van der Waals surface area contributed by atoms with Crippen LogP contribution >= 0.6 is 0 Å². The second kappa shape index (κ2) is 5.74. The van der Waals surface area contributed by atoms with Crippen molar-refractivity contribution in [1.82, 2.24) is 4.72 Å². The molecule has 1 unspecified atom stereocenters. The van der Waals surface area contributed by atoms with E-state index in [4.69, 9.17) is 0 Å². The second-order valence-electron chi connectivity index (χ2n) is 4.97. The first-order valence-electron chi connectivity index (χ1n) is 6.23. The lowest BCUT2D eigenvalue weighted by Gasteiger charge is -2.25. The first-order valence-corrected chi connectivity index (χ1v) is 9.94. The summed E-state index contributed by atoms with van der Waals surface area (Å²) in [4.78, 5) is 11.9. The van der Waals surface area contributed by atoms with Crippen molar-refractivity contribution in [2.45, 2.75) is 12.5 Å². The minimum absolute atomic E-state index is 0.236. The molecule has 0 radical (unpaired) electrons. The Balaban J connectivity index is 2.08. The molecule has 9 heteroatoms. The quantitative estimate of drug-likeness (QED) is 0.756. The Hall–Kier alpha value is -1.45. The molecule has 0 bridgehead atoms. The summed E-state index contributed by atoms with van der Waals surface area (Å²) in [5.41, 5.74) is 1.49. The summed E-state index contributed by atoms with van der Waals surface area (Å²) in [5, 5.41) is 2.62. The maximum absolute atomic E-state index is 11.9. The van der Waals surface area contributed by atoms with Crippen LogP contribution < -0.4 is 10.0 Å². The van der Waals surface area contributed by atoms with Gasteiger partial charge in [-0.2, -0.15) is 0 Å².